The molecular formula is C16H27N3O. The molecule has 20 heavy (non-hydrogen) atoms. The molecule has 0 unspecified atom stereocenters. The van der Waals surface area contributed by atoms with E-state index in [1.54, 1.807) is 7.11 Å². The summed E-state index contributed by atoms with van der Waals surface area (Å²) in [7, 11) is 3.72. The number of hydrogen-bond acceptors (Lipinski definition) is 4. The van der Waals surface area contributed by atoms with E-state index < -0.39 is 0 Å². The number of aryl methyl sites for hydroxylation is 1. The third-order valence-electron chi connectivity index (χ3n) is 4.41. The van der Waals surface area contributed by atoms with Crippen molar-refractivity contribution in [2.45, 2.75) is 64.4 Å². The molecule has 1 heterocycles. The van der Waals surface area contributed by atoms with E-state index in [-0.39, 0.29) is 5.60 Å². The Morgan fingerprint density at radius 1 is 1.15 bits per heavy atom. The number of ether oxygens (including phenoxy) is 1. The number of aromatic nitrogens is 2. The fraction of sp³-hybridized carbons (Fsp3) is 0.750. The van der Waals surface area contributed by atoms with E-state index in [1.807, 2.05) is 7.05 Å². The Morgan fingerprint density at radius 2 is 1.80 bits per heavy atom. The SMILES string of the molecule is CNc1nc(C2(OC)CCCCC2)nc(C)c1C(C)C. The summed E-state index contributed by atoms with van der Waals surface area (Å²) in [6.45, 7) is 6.44. The second-order valence-electron chi connectivity index (χ2n) is 6.06. The Kier molecular flexibility index (Phi) is 4.63. The minimum absolute atomic E-state index is 0.288. The Balaban J connectivity index is 2.49. The average molecular weight is 277 g/mol. The van der Waals surface area contributed by atoms with Crippen molar-refractivity contribution in [2.75, 3.05) is 19.5 Å². The van der Waals surface area contributed by atoms with E-state index in [0.29, 0.717) is 5.92 Å². The van der Waals surface area contributed by atoms with Crippen molar-refractivity contribution in [3.63, 3.8) is 0 Å². The van der Waals surface area contributed by atoms with Crippen LogP contribution in [0.15, 0.2) is 0 Å². The van der Waals surface area contributed by atoms with Gasteiger partial charge >= 0.3 is 0 Å². The molecule has 0 bridgehead atoms. The van der Waals surface area contributed by atoms with Gasteiger partial charge in [0, 0.05) is 25.4 Å². The number of hydrogen-bond donors (Lipinski definition) is 1. The van der Waals surface area contributed by atoms with Crippen LogP contribution in [0.5, 0.6) is 0 Å². The van der Waals surface area contributed by atoms with Crippen LogP contribution in [0.4, 0.5) is 5.82 Å². The van der Waals surface area contributed by atoms with Crippen LogP contribution in [0.25, 0.3) is 0 Å². The van der Waals surface area contributed by atoms with Crippen molar-refractivity contribution >= 4 is 5.82 Å². The molecule has 0 amide bonds. The standard InChI is InChI=1S/C16H27N3O/c1-11(2)13-12(3)18-15(19-14(13)17-4)16(20-5)9-7-6-8-10-16/h11H,6-10H2,1-5H3,(H,17,18,19). The molecule has 1 N–H and O–H groups in total. The molecule has 4 nitrogen and oxygen atoms in total. The minimum Gasteiger partial charge on any atom is -0.373 e. The molecular weight excluding hydrogens is 250 g/mol. The van der Waals surface area contributed by atoms with Gasteiger partial charge in [0.1, 0.15) is 11.4 Å². The molecule has 1 fully saturated rings. The first kappa shape index (κ1) is 15.2. The molecule has 4 heteroatoms. The molecule has 1 aromatic rings. The Morgan fingerprint density at radius 3 is 2.30 bits per heavy atom. The minimum atomic E-state index is -0.288. The molecule has 0 radical (unpaired) electrons. The summed E-state index contributed by atoms with van der Waals surface area (Å²) in [4.78, 5) is 9.59. The van der Waals surface area contributed by atoms with Gasteiger partial charge in [-0.3, -0.25) is 0 Å². The van der Waals surface area contributed by atoms with Crippen molar-refractivity contribution in [3.8, 4) is 0 Å². The van der Waals surface area contributed by atoms with Crippen LogP contribution in [0.3, 0.4) is 0 Å². The summed E-state index contributed by atoms with van der Waals surface area (Å²) in [5.41, 5.74) is 1.99. The number of nitrogens with zero attached hydrogens (tertiary/aromatic N) is 2. The van der Waals surface area contributed by atoms with Gasteiger partial charge in [-0.15, -0.1) is 0 Å². The summed E-state index contributed by atoms with van der Waals surface area (Å²) in [5, 5.41) is 3.23. The number of methoxy groups -OCH3 is 1. The molecule has 0 aromatic carbocycles. The predicted molar refractivity (Wildman–Crippen MR) is 82.2 cm³/mol. The number of rotatable bonds is 4. The molecule has 1 aliphatic rings. The largest absolute Gasteiger partial charge is 0.373 e. The first-order chi connectivity index (χ1) is 9.54. The fourth-order valence-electron chi connectivity index (χ4n) is 3.31. The molecule has 1 aliphatic carbocycles. The second kappa shape index (κ2) is 6.08. The quantitative estimate of drug-likeness (QED) is 0.910. The van der Waals surface area contributed by atoms with E-state index in [2.05, 4.69) is 26.1 Å². The average Bonchev–Trinajstić information content (AvgIpc) is 2.46. The second-order valence-corrected chi connectivity index (χ2v) is 6.06. The van der Waals surface area contributed by atoms with Crippen LogP contribution in [0, 0.1) is 6.92 Å². The first-order valence-corrected chi connectivity index (χ1v) is 7.66. The lowest BCUT2D eigenvalue weighted by Crippen LogP contribution is -2.34. The van der Waals surface area contributed by atoms with Gasteiger partial charge in [-0.1, -0.05) is 33.1 Å². The Bertz CT molecular complexity index is 465. The van der Waals surface area contributed by atoms with E-state index in [1.165, 1.54) is 24.8 Å². The van der Waals surface area contributed by atoms with E-state index >= 15 is 0 Å². The summed E-state index contributed by atoms with van der Waals surface area (Å²) < 4.78 is 5.87. The zero-order chi connectivity index (χ0) is 14.8. The van der Waals surface area contributed by atoms with Gasteiger partial charge < -0.3 is 10.1 Å². The van der Waals surface area contributed by atoms with Crippen molar-refractivity contribution in [1.29, 1.82) is 0 Å². The van der Waals surface area contributed by atoms with Crippen LogP contribution in [0.2, 0.25) is 0 Å². The van der Waals surface area contributed by atoms with Gasteiger partial charge in [0.15, 0.2) is 5.82 Å². The maximum Gasteiger partial charge on any atom is 0.162 e. The third kappa shape index (κ3) is 2.66. The highest BCUT2D eigenvalue weighted by molar-refractivity contribution is 5.48. The summed E-state index contributed by atoms with van der Waals surface area (Å²) in [6.07, 6.45) is 5.71. The van der Waals surface area contributed by atoms with Crippen LogP contribution in [-0.4, -0.2) is 24.1 Å². The fourth-order valence-corrected chi connectivity index (χ4v) is 3.31. The molecule has 0 aliphatic heterocycles. The molecule has 0 atom stereocenters. The van der Waals surface area contributed by atoms with Crippen molar-refractivity contribution in [3.05, 3.63) is 17.1 Å². The molecule has 0 spiro atoms. The van der Waals surface area contributed by atoms with E-state index in [0.717, 1.165) is 30.2 Å². The molecule has 0 saturated heterocycles. The lowest BCUT2D eigenvalue weighted by Gasteiger charge is -2.35. The maximum absolute atomic E-state index is 5.87. The number of anilines is 1. The number of nitrogens with one attached hydrogen (secondary N) is 1. The van der Waals surface area contributed by atoms with Crippen LogP contribution >= 0.6 is 0 Å². The van der Waals surface area contributed by atoms with Crippen LogP contribution in [-0.2, 0) is 10.3 Å². The van der Waals surface area contributed by atoms with Gasteiger partial charge in [-0.2, -0.15) is 0 Å². The summed E-state index contributed by atoms with van der Waals surface area (Å²) in [5.74, 6) is 2.21. The smallest absolute Gasteiger partial charge is 0.162 e. The monoisotopic (exact) mass is 277 g/mol. The van der Waals surface area contributed by atoms with Crippen LogP contribution in [0.1, 0.15) is 69.0 Å². The summed E-state index contributed by atoms with van der Waals surface area (Å²) >= 11 is 0. The van der Waals surface area contributed by atoms with E-state index in [9.17, 15) is 0 Å². The zero-order valence-electron chi connectivity index (χ0n) is 13.4. The molecule has 1 aromatic heterocycles. The van der Waals surface area contributed by atoms with Gasteiger partial charge in [-0.05, 0) is 25.7 Å². The van der Waals surface area contributed by atoms with Gasteiger partial charge in [0.2, 0.25) is 0 Å². The molecule has 112 valence electrons. The summed E-state index contributed by atoms with van der Waals surface area (Å²) in [6, 6.07) is 0. The first-order valence-electron chi connectivity index (χ1n) is 7.66. The normalized spacial score (nSPS) is 18.3. The van der Waals surface area contributed by atoms with Crippen molar-refractivity contribution in [2.24, 2.45) is 0 Å². The highest BCUT2D eigenvalue weighted by atomic mass is 16.5. The molecule has 2 rings (SSSR count). The van der Waals surface area contributed by atoms with Crippen molar-refractivity contribution in [1.82, 2.24) is 9.97 Å². The van der Waals surface area contributed by atoms with Gasteiger partial charge in [-0.25, -0.2) is 9.97 Å². The Labute approximate surface area is 122 Å². The Hall–Kier alpha value is -1.16. The zero-order valence-corrected chi connectivity index (χ0v) is 13.4. The topological polar surface area (TPSA) is 47.0 Å². The lowest BCUT2D eigenvalue weighted by atomic mass is 9.83. The third-order valence-corrected chi connectivity index (χ3v) is 4.41. The van der Waals surface area contributed by atoms with Gasteiger partial charge in [0.25, 0.3) is 0 Å². The lowest BCUT2D eigenvalue weighted by molar-refractivity contribution is -0.0515. The van der Waals surface area contributed by atoms with Crippen LogP contribution < -0.4 is 5.32 Å². The highest BCUT2D eigenvalue weighted by Gasteiger charge is 2.37. The molecule has 1 saturated carbocycles. The maximum atomic E-state index is 5.87. The highest BCUT2D eigenvalue weighted by Crippen LogP contribution is 2.39. The van der Waals surface area contributed by atoms with E-state index in [4.69, 9.17) is 14.7 Å². The van der Waals surface area contributed by atoms with Gasteiger partial charge in [0.05, 0.1) is 0 Å². The van der Waals surface area contributed by atoms with Crippen molar-refractivity contribution < 1.29 is 4.74 Å². The predicted octanol–water partition coefficient (Wildman–Crippen LogP) is 3.76.